The normalized spacial score (nSPS) is 10.6. The van der Waals surface area contributed by atoms with Crippen LogP contribution in [0.1, 0.15) is 16.2 Å². The lowest BCUT2D eigenvalue weighted by atomic mass is 10.1. The number of aryl methyl sites for hydroxylation is 1. The van der Waals surface area contributed by atoms with Crippen molar-refractivity contribution in [3.63, 3.8) is 0 Å². The number of nitrogens with zero attached hydrogens (tertiary/aromatic N) is 2. The topological polar surface area (TPSA) is 49.0 Å². The number of aromatic nitrogens is 2. The van der Waals surface area contributed by atoms with E-state index in [4.69, 9.17) is 23.4 Å². The summed E-state index contributed by atoms with van der Waals surface area (Å²) in [4.78, 5) is 12.3. The van der Waals surface area contributed by atoms with Crippen molar-refractivity contribution in [3.05, 3.63) is 71.0 Å². The molecule has 0 atom stereocenters. The van der Waals surface area contributed by atoms with E-state index in [0.29, 0.717) is 10.7 Å². The highest BCUT2D eigenvalue weighted by Gasteiger charge is 2.18. The van der Waals surface area contributed by atoms with Crippen LogP contribution in [0.2, 0.25) is 5.02 Å². The van der Waals surface area contributed by atoms with Crippen molar-refractivity contribution < 1.29 is 4.79 Å². The molecule has 0 saturated heterocycles. The smallest absolute Gasteiger partial charge is 0.282 e. The van der Waals surface area contributed by atoms with Gasteiger partial charge in [0.05, 0.1) is 5.69 Å². The third-order valence-corrected chi connectivity index (χ3v) is 3.95. The molecule has 3 aromatic rings. The zero-order valence-corrected chi connectivity index (χ0v) is 13.8. The predicted molar refractivity (Wildman–Crippen MR) is 92.9 cm³/mol. The highest BCUT2D eigenvalue weighted by molar-refractivity contribution is 6.39. The summed E-state index contributed by atoms with van der Waals surface area (Å²) in [7, 11) is 0. The second kappa shape index (κ2) is 6.44. The van der Waals surface area contributed by atoms with Crippen LogP contribution in [0, 0.1) is 6.92 Å². The third-order valence-electron chi connectivity index (χ3n) is 3.35. The Kier molecular flexibility index (Phi) is 4.37. The molecule has 3 rings (SSSR count). The molecule has 1 amide bonds. The maximum absolute atomic E-state index is 12.3. The third kappa shape index (κ3) is 3.38. The van der Waals surface area contributed by atoms with Crippen LogP contribution in [0.5, 0.6) is 0 Å². The monoisotopic (exact) mass is 345 g/mol. The van der Waals surface area contributed by atoms with Crippen molar-refractivity contribution in [2.24, 2.45) is 0 Å². The molecule has 1 aromatic heterocycles. The fourth-order valence-electron chi connectivity index (χ4n) is 2.20. The highest BCUT2D eigenvalue weighted by Crippen LogP contribution is 2.27. The predicted octanol–water partition coefficient (Wildman–Crippen LogP) is 4.84. The van der Waals surface area contributed by atoms with E-state index in [1.807, 2.05) is 49.4 Å². The molecule has 6 heteroatoms. The van der Waals surface area contributed by atoms with Gasteiger partial charge in [0.1, 0.15) is 0 Å². The summed E-state index contributed by atoms with van der Waals surface area (Å²) in [6, 6.07) is 16.5. The van der Waals surface area contributed by atoms with Crippen LogP contribution in [0.3, 0.4) is 0 Å². The van der Waals surface area contributed by atoms with E-state index in [0.717, 1.165) is 21.2 Å². The first-order valence-electron chi connectivity index (χ1n) is 6.93. The molecule has 0 aliphatic heterocycles. The second-order valence-corrected chi connectivity index (χ2v) is 5.85. The van der Waals surface area contributed by atoms with Gasteiger partial charge in [-0.15, -0.1) is 0 Å². The van der Waals surface area contributed by atoms with E-state index in [-0.39, 0.29) is 11.6 Å². The molecular weight excluding hydrogens is 333 g/mol. The number of anilines is 1. The Bertz CT molecular complexity index is 843. The van der Waals surface area contributed by atoms with Crippen LogP contribution in [-0.4, -0.2) is 16.1 Å². The van der Waals surface area contributed by atoms with Gasteiger partial charge in [-0.05, 0) is 48.4 Å². The molecule has 0 saturated carbocycles. The van der Waals surface area contributed by atoms with E-state index in [1.54, 1.807) is 12.1 Å². The first kappa shape index (κ1) is 15.6. The van der Waals surface area contributed by atoms with Gasteiger partial charge in [-0.2, -0.15) is 5.10 Å². The number of rotatable bonds is 3. The summed E-state index contributed by atoms with van der Waals surface area (Å²) in [5, 5.41) is 7.34. The summed E-state index contributed by atoms with van der Waals surface area (Å²) < 4.78 is 1.06. The Morgan fingerprint density at radius 3 is 2.48 bits per heavy atom. The lowest BCUT2D eigenvalue weighted by molar-refractivity contribution is 0.100. The van der Waals surface area contributed by atoms with Crippen molar-refractivity contribution in [3.8, 4) is 11.1 Å². The second-order valence-electron chi connectivity index (χ2n) is 5.08. The lowest BCUT2D eigenvalue weighted by Gasteiger charge is -2.14. The van der Waals surface area contributed by atoms with Crippen molar-refractivity contribution >= 4 is 35.0 Å². The van der Waals surface area contributed by atoms with Crippen LogP contribution in [0.25, 0.3) is 11.1 Å². The fourth-order valence-corrected chi connectivity index (χ4v) is 2.51. The molecule has 4 nitrogen and oxygen atoms in total. The molecule has 23 heavy (non-hydrogen) atoms. The maximum atomic E-state index is 12.3. The molecule has 1 N–H and O–H groups in total. The molecule has 0 spiro atoms. The number of H-pyrrole nitrogens is 1. The SMILES string of the molecule is Cc1cc(C(=O)N(Cl)c2cccc(-c3ccc(Cl)cc3)c2)n[nH]1. The van der Waals surface area contributed by atoms with E-state index < -0.39 is 0 Å². The molecule has 116 valence electrons. The minimum absolute atomic E-state index is 0.273. The van der Waals surface area contributed by atoms with Crippen LogP contribution >= 0.6 is 23.4 Å². The van der Waals surface area contributed by atoms with Crippen molar-refractivity contribution in [2.45, 2.75) is 6.92 Å². The number of amides is 1. The summed E-state index contributed by atoms with van der Waals surface area (Å²) in [5.74, 6) is -0.385. The van der Waals surface area contributed by atoms with E-state index in [9.17, 15) is 4.79 Å². The quantitative estimate of drug-likeness (QED) is 0.690. The molecule has 1 heterocycles. The summed E-state index contributed by atoms with van der Waals surface area (Å²) in [6.45, 7) is 1.82. The fraction of sp³-hybridized carbons (Fsp3) is 0.0588. The number of hydrogen-bond acceptors (Lipinski definition) is 2. The van der Waals surface area contributed by atoms with Gasteiger partial charge >= 0.3 is 0 Å². The van der Waals surface area contributed by atoms with Crippen molar-refractivity contribution in [2.75, 3.05) is 4.42 Å². The molecule has 0 fully saturated rings. The molecule has 0 bridgehead atoms. The first-order chi connectivity index (χ1) is 11.0. The highest BCUT2D eigenvalue weighted by atomic mass is 35.5. The molecule has 0 unspecified atom stereocenters. The van der Waals surface area contributed by atoms with E-state index in [2.05, 4.69) is 10.2 Å². The number of halogens is 2. The Morgan fingerprint density at radius 1 is 1.09 bits per heavy atom. The van der Waals surface area contributed by atoms with Crippen LogP contribution < -0.4 is 4.42 Å². The number of nitrogens with one attached hydrogen (secondary N) is 1. The summed E-state index contributed by atoms with van der Waals surface area (Å²) in [6.07, 6.45) is 0. The molecular formula is C17H13Cl2N3O. The lowest BCUT2D eigenvalue weighted by Crippen LogP contribution is -2.21. The summed E-state index contributed by atoms with van der Waals surface area (Å²) >= 11 is 12.1. The first-order valence-corrected chi connectivity index (χ1v) is 7.64. The van der Waals surface area contributed by atoms with Gasteiger partial charge in [-0.25, -0.2) is 4.42 Å². The Balaban J connectivity index is 1.89. The summed E-state index contributed by atoms with van der Waals surface area (Å²) in [5.41, 5.74) is 3.58. The van der Waals surface area contributed by atoms with Crippen molar-refractivity contribution in [1.29, 1.82) is 0 Å². The van der Waals surface area contributed by atoms with E-state index in [1.165, 1.54) is 0 Å². The number of hydrogen-bond donors (Lipinski definition) is 1. The van der Waals surface area contributed by atoms with Gasteiger partial charge in [-0.3, -0.25) is 9.89 Å². The average molecular weight is 346 g/mol. The Hall–Kier alpha value is -2.30. The number of carbonyl (C=O) groups excluding carboxylic acids is 1. The van der Waals surface area contributed by atoms with Crippen LogP contribution in [-0.2, 0) is 0 Å². The molecule has 0 aliphatic rings. The molecule has 2 aromatic carbocycles. The standard InChI is InChI=1S/C17H13Cl2N3O/c1-11-9-16(21-20-11)17(23)22(19)15-4-2-3-13(10-15)12-5-7-14(18)8-6-12/h2-10H,1H3,(H,20,21). The number of carbonyl (C=O) groups is 1. The minimum Gasteiger partial charge on any atom is -0.282 e. The van der Waals surface area contributed by atoms with Crippen LogP contribution in [0.15, 0.2) is 54.6 Å². The van der Waals surface area contributed by atoms with Gasteiger partial charge in [-0.1, -0.05) is 35.9 Å². The number of benzene rings is 2. The van der Waals surface area contributed by atoms with Gasteiger partial charge < -0.3 is 0 Å². The Morgan fingerprint density at radius 2 is 1.83 bits per heavy atom. The zero-order valence-electron chi connectivity index (χ0n) is 12.3. The maximum Gasteiger partial charge on any atom is 0.293 e. The zero-order chi connectivity index (χ0) is 16.4. The van der Waals surface area contributed by atoms with E-state index >= 15 is 0 Å². The largest absolute Gasteiger partial charge is 0.293 e. The van der Waals surface area contributed by atoms with Gasteiger partial charge in [0.2, 0.25) is 0 Å². The van der Waals surface area contributed by atoms with Crippen LogP contribution in [0.4, 0.5) is 5.69 Å². The minimum atomic E-state index is -0.385. The Labute approximate surface area is 143 Å². The van der Waals surface area contributed by atoms with Crippen molar-refractivity contribution in [1.82, 2.24) is 10.2 Å². The molecule has 0 aliphatic carbocycles. The van der Waals surface area contributed by atoms with Gasteiger partial charge in [0.25, 0.3) is 5.91 Å². The number of aromatic amines is 1. The molecule has 0 radical (unpaired) electrons. The van der Waals surface area contributed by atoms with Gasteiger partial charge in [0, 0.05) is 22.5 Å². The van der Waals surface area contributed by atoms with Gasteiger partial charge in [0.15, 0.2) is 5.69 Å². The average Bonchev–Trinajstić information content (AvgIpc) is 3.01.